The Morgan fingerprint density at radius 2 is 1.91 bits per heavy atom. The van der Waals surface area contributed by atoms with E-state index in [1.165, 1.54) is 5.57 Å². The summed E-state index contributed by atoms with van der Waals surface area (Å²) in [5.74, 6) is -0.216. The number of ketones is 1. The summed E-state index contributed by atoms with van der Waals surface area (Å²) in [7, 11) is 0. The van der Waals surface area contributed by atoms with Crippen molar-refractivity contribution >= 4 is 11.8 Å². The van der Waals surface area contributed by atoms with E-state index < -0.39 is 0 Å². The van der Waals surface area contributed by atoms with Crippen molar-refractivity contribution in [3.8, 4) is 17.2 Å². The van der Waals surface area contributed by atoms with Gasteiger partial charge in [-0.1, -0.05) is 44.1 Å². The number of phenolic OH excluding ortho intramolecular Hbond substituents is 1. The molecule has 1 aromatic rings. The van der Waals surface area contributed by atoms with Gasteiger partial charge < -0.3 is 14.6 Å². The highest BCUT2D eigenvalue weighted by Gasteiger charge is 2.42. The Morgan fingerprint density at radius 3 is 2.50 bits per heavy atom. The minimum Gasteiger partial charge on any atom is -0.507 e. The third-order valence-electron chi connectivity index (χ3n) is 6.81. The fourth-order valence-electron chi connectivity index (χ4n) is 4.67. The van der Waals surface area contributed by atoms with Crippen LogP contribution in [0.15, 0.2) is 23.8 Å². The van der Waals surface area contributed by atoms with Crippen molar-refractivity contribution in [3.05, 3.63) is 40.5 Å². The number of benzene rings is 1. The number of rotatable bonds is 7. The van der Waals surface area contributed by atoms with Gasteiger partial charge in [-0.15, -0.1) is 0 Å². The Labute approximate surface area is 191 Å². The number of carbonyl (C=O) groups excluding carboxylic acids is 2. The van der Waals surface area contributed by atoms with Crippen molar-refractivity contribution in [2.45, 2.75) is 85.7 Å². The van der Waals surface area contributed by atoms with E-state index in [0.717, 1.165) is 24.8 Å². The van der Waals surface area contributed by atoms with E-state index in [1.807, 2.05) is 27.7 Å². The van der Waals surface area contributed by atoms with Gasteiger partial charge >= 0.3 is 5.97 Å². The lowest BCUT2D eigenvalue weighted by atomic mass is 9.79. The van der Waals surface area contributed by atoms with Gasteiger partial charge in [0.2, 0.25) is 0 Å². The monoisotopic (exact) mass is 440 g/mol. The molecule has 0 aromatic heterocycles. The van der Waals surface area contributed by atoms with Crippen LogP contribution in [0.4, 0.5) is 0 Å². The molecule has 5 heteroatoms. The molecule has 0 radical (unpaired) electrons. The Morgan fingerprint density at radius 1 is 1.22 bits per heavy atom. The first-order chi connectivity index (χ1) is 15.1. The molecule has 0 amide bonds. The van der Waals surface area contributed by atoms with Gasteiger partial charge in [0.25, 0.3) is 0 Å². The second kappa shape index (κ2) is 9.51. The number of allylic oxidation sites excluding steroid dienone is 3. The number of hydrogen-bond donors (Lipinski definition) is 1. The smallest absolute Gasteiger partial charge is 0.311 e. The number of aromatic hydroxyl groups is 1. The van der Waals surface area contributed by atoms with E-state index in [9.17, 15) is 14.7 Å². The van der Waals surface area contributed by atoms with E-state index in [1.54, 1.807) is 0 Å². The van der Waals surface area contributed by atoms with Gasteiger partial charge in [-0.25, -0.2) is 0 Å². The summed E-state index contributed by atoms with van der Waals surface area (Å²) in [6, 6.07) is 0. The molecule has 0 fully saturated rings. The van der Waals surface area contributed by atoms with Crippen LogP contribution in [0.25, 0.3) is 0 Å². The molecule has 5 nitrogen and oxygen atoms in total. The average Bonchev–Trinajstić information content (AvgIpc) is 2.70. The second-order valence-corrected chi connectivity index (χ2v) is 9.68. The summed E-state index contributed by atoms with van der Waals surface area (Å²) in [6.45, 7) is 16.0. The van der Waals surface area contributed by atoms with E-state index in [2.05, 4.69) is 26.5 Å². The molecule has 2 aliphatic heterocycles. The van der Waals surface area contributed by atoms with Gasteiger partial charge in [0.05, 0.1) is 12.3 Å². The molecular weight excluding hydrogens is 404 g/mol. The zero-order valence-electron chi connectivity index (χ0n) is 20.2. The molecule has 0 bridgehead atoms. The highest BCUT2D eigenvalue weighted by atomic mass is 16.5. The van der Waals surface area contributed by atoms with Crippen molar-refractivity contribution in [2.75, 3.05) is 0 Å². The quantitative estimate of drug-likeness (QED) is 0.307. The van der Waals surface area contributed by atoms with Crippen molar-refractivity contribution in [1.29, 1.82) is 0 Å². The number of esters is 1. The first-order valence-electron chi connectivity index (χ1n) is 11.7. The number of ether oxygens (including phenoxy) is 2. The second-order valence-electron chi connectivity index (χ2n) is 9.68. The molecule has 0 saturated carbocycles. The summed E-state index contributed by atoms with van der Waals surface area (Å²) in [6.07, 6.45) is 4.93. The van der Waals surface area contributed by atoms with Gasteiger partial charge in [-0.2, -0.15) is 0 Å². The number of Topliss-reactive ketones (excluding diaryl/α,β-unsaturated/α-hetero) is 1. The van der Waals surface area contributed by atoms with Crippen molar-refractivity contribution < 1.29 is 24.2 Å². The summed E-state index contributed by atoms with van der Waals surface area (Å²) < 4.78 is 12.0. The summed E-state index contributed by atoms with van der Waals surface area (Å²) in [4.78, 5) is 25.8. The highest BCUT2D eigenvalue weighted by molar-refractivity contribution is 6.05. The van der Waals surface area contributed by atoms with Crippen LogP contribution in [0.3, 0.4) is 0 Å². The van der Waals surface area contributed by atoms with Crippen LogP contribution in [0, 0.1) is 11.8 Å². The maximum Gasteiger partial charge on any atom is 0.311 e. The van der Waals surface area contributed by atoms with Crippen LogP contribution in [0.2, 0.25) is 0 Å². The lowest BCUT2D eigenvalue weighted by Crippen LogP contribution is -2.35. The normalized spacial score (nSPS) is 22.9. The van der Waals surface area contributed by atoms with E-state index >= 15 is 0 Å². The molecule has 2 heterocycles. The molecule has 32 heavy (non-hydrogen) atoms. The fourth-order valence-corrected chi connectivity index (χ4v) is 4.67. The standard InChI is InChI=1S/C27H36O5/c1-8-9-19-13-21(28)32-26-20(12-18(15(4)5)11-10-14(2)3)27-23(25(30)22(19)26)24(29)16(6)17(7)31-27/h10,16-19,30H,4,8-9,11-13H2,1-3,5-7H3/t16-,17-,18?,19?/m1/s1. The Kier molecular flexibility index (Phi) is 7.16. The van der Waals surface area contributed by atoms with Crippen molar-refractivity contribution in [2.24, 2.45) is 11.8 Å². The number of phenols is 1. The zero-order chi connectivity index (χ0) is 23.7. The summed E-state index contributed by atoms with van der Waals surface area (Å²) >= 11 is 0. The predicted molar refractivity (Wildman–Crippen MR) is 126 cm³/mol. The van der Waals surface area contributed by atoms with Crippen LogP contribution in [0.1, 0.15) is 94.6 Å². The summed E-state index contributed by atoms with van der Waals surface area (Å²) in [5, 5.41) is 11.3. The Hall–Kier alpha value is -2.56. The molecule has 2 aliphatic rings. The third kappa shape index (κ3) is 4.48. The lowest BCUT2D eigenvalue weighted by Gasteiger charge is -2.35. The van der Waals surface area contributed by atoms with Crippen LogP contribution in [-0.2, 0) is 11.2 Å². The first-order valence-corrected chi connectivity index (χ1v) is 11.7. The molecule has 1 N–H and O–H groups in total. The average molecular weight is 441 g/mol. The van der Waals surface area contributed by atoms with Crippen LogP contribution >= 0.6 is 0 Å². The SMILES string of the molecule is C=C(C)C(CC=C(C)C)Cc1c2c(c(O)c3c1OC(=O)CC3CCC)C(=O)[C@H](C)[C@@H](C)O2. The van der Waals surface area contributed by atoms with Crippen LogP contribution in [-0.4, -0.2) is 23.0 Å². The van der Waals surface area contributed by atoms with E-state index in [4.69, 9.17) is 9.47 Å². The topological polar surface area (TPSA) is 72.8 Å². The van der Waals surface area contributed by atoms with E-state index in [0.29, 0.717) is 29.0 Å². The van der Waals surface area contributed by atoms with Crippen LogP contribution in [0.5, 0.6) is 17.2 Å². The Balaban J connectivity index is 2.26. The fraction of sp³-hybridized carbons (Fsp3) is 0.556. The largest absolute Gasteiger partial charge is 0.507 e. The molecule has 174 valence electrons. The van der Waals surface area contributed by atoms with Gasteiger partial charge in [-0.3, -0.25) is 9.59 Å². The molecule has 0 aliphatic carbocycles. The van der Waals surface area contributed by atoms with Crippen LogP contribution < -0.4 is 9.47 Å². The maximum atomic E-state index is 13.3. The molecule has 2 unspecified atom stereocenters. The summed E-state index contributed by atoms with van der Waals surface area (Å²) in [5.41, 5.74) is 3.75. The first kappa shape index (κ1) is 24.1. The minimum absolute atomic E-state index is 0.0791. The molecule has 0 saturated heterocycles. The molecule has 3 rings (SSSR count). The number of fused-ring (bicyclic) bond motifs is 2. The predicted octanol–water partition coefficient (Wildman–Crippen LogP) is 6.28. The minimum atomic E-state index is -0.363. The zero-order valence-corrected chi connectivity index (χ0v) is 20.2. The number of carbonyl (C=O) groups is 2. The van der Waals surface area contributed by atoms with Crippen molar-refractivity contribution in [1.82, 2.24) is 0 Å². The van der Waals surface area contributed by atoms with Gasteiger partial charge in [-0.05, 0) is 52.9 Å². The molecular formula is C27H36O5. The highest BCUT2D eigenvalue weighted by Crippen LogP contribution is 2.53. The molecule has 4 atom stereocenters. The maximum absolute atomic E-state index is 13.3. The van der Waals surface area contributed by atoms with Gasteiger partial charge in [0.15, 0.2) is 5.78 Å². The molecule has 0 spiro atoms. The lowest BCUT2D eigenvalue weighted by molar-refractivity contribution is -0.136. The molecule has 1 aromatic carbocycles. The van der Waals surface area contributed by atoms with E-state index in [-0.39, 0.29) is 53.3 Å². The third-order valence-corrected chi connectivity index (χ3v) is 6.81. The van der Waals surface area contributed by atoms with Gasteiger partial charge in [0, 0.05) is 17.0 Å². The van der Waals surface area contributed by atoms with Gasteiger partial charge in [0.1, 0.15) is 28.9 Å². The van der Waals surface area contributed by atoms with Crippen molar-refractivity contribution in [3.63, 3.8) is 0 Å². The number of hydrogen-bond acceptors (Lipinski definition) is 5. The Bertz CT molecular complexity index is 967.